The molecule has 0 fully saturated rings. The molecule has 1 N–H and O–H groups in total. The number of hydrogen-bond acceptors (Lipinski definition) is 4. The van der Waals surface area contributed by atoms with Crippen molar-refractivity contribution in [3.05, 3.63) is 11.5 Å². The third kappa shape index (κ3) is 3.59. The van der Waals surface area contributed by atoms with Crippen molar-refractivity contribution in [2.75, 3.05) is 6.61 Å². The molecule has 0 saturated carbocycles. The molecule has 78 valence electrons. The maximum Gasteiger partial charge on any atom is 0.334 e. The van der Waals surface area contributed by atoms with E-state index in [0.29, 0.717) is 0 Å². The Morgan fingerprint density at radius 1 is 1.64 bits per heavy atom. The predicted octanol–water partition coefficient (Wildman–Crippen LogP) is 2.20. The van der Waals surface area contributed by atoms with Crippen molar-refractivity contribution in [1.29, 1.82) is 0 Å². The van der Waals surface area contributed by atoms with E-state index < -0.39 is 17.2 Å². The first kappa shape index (κ1) is 11.4. The molecule has 0 aliphatic rings. The van der Waals surface area contributed by atoms with Crippen LogP contribution in [-0.4, -0.2) is 26.5 Å². The van der Waals surface area contributed by atoms with Gasteiger partial charge in [0.05, 0.1) is 6.20 Å². The van der Waals surface area contributed by atoms with Gasteiger partial charge in [0.25, 0.3) is 5.88 Å². The fourth-order valence-corrected chi connectivity index (χ4v) is 0.836. The molecule has 0 amide bonds. The van der Waals surface area contributed by atoms with Gasteiger partial charge in [0.2, 0.25) is 5.28 Å². The summed E-state index contributed by atoms with van der Waals surface area (Å²) in [5.41, 5.74) is 0. The zero-order valence-electron chi connectivity index (χ0n) is 6.55. The van der Waals surface area contributed by atoms with Crippen molar-refractivity contribution in [2.45, 2.75) is 4.83 Å². The first-order chi connectivity index (χ1) is 6.38. The fourth-order valence-electron chi connectivity index (χ4n) is 0.596. The molecule has 0 spiro atoms. The lowest BCUT2D eigenvalue weighted by Crippen LogP contribution is -2.17. The quantitative estimate of drug-likeness (QED) is 0.684. The maximum absolute atomic E-state index is 12.3. The largest absolute Gasteiger partial charge is 0.502 e. The van der Waals surface area contributed by atoms with Crippen LogP contribution in [0.25, 0.3) is 0 Å². The molecule has 8 heteroatoms. The van der Waals surface area contributed by atoms with Gasteiger partial charge in [0.1, 0.15) is 0 Å². The molecule has 1 aromatic heterocycles. The van der Waals surface area contributed by atoms with Crippen molar-refractivity contribution in [1.82, 2.24) is 9.97 Å². The molecule has 0 atom stereocenters. The molecule has 1 heterocycles. The molecular weight excluding hydrogens is 285 g/mol. The molecule has 14 heavy (non-hydrogen) atoms. The Bertz CT molecular complexity index is 334. The molecular formula is C6H4BrClF2N2O2. The summed E-state index contributed by atoms with van der Waals surface area (Å²) in [6, 6.07) is 0. The first-order valence-corrected chi connectivity index (χ1v) is 4.46. The van der Waals surface area contributed by atoms with Crippen LogP contribution in [0.3, 0.4) is 0 Å². The lowest BCUT2D eigenvalue weighted by atomic mass is 10.6. The number of rotatable bonds is 3. The van der Waals surface area contributed by atoms with Gasteiger partial charge in [-0.2, -0.15) is 13.8 Å². The lowest BCUT2D eigenvalue weighted by Gasteiger charge is -2.10. The minimum atomic E-state index is -3.18. The van der Waals surface area contributed by atoms with E-state index in [0.717, 1.165) is 6.20 Å². The Morgan fingerprint density at radius 3 is 2.86 bits per heavy atom. The van der Waals surface area contributed by atoms with E-state index in [-0.39, 0.29) is 11.2 Å². The summed E-state index contributed by atoms with van der Waals surface area (Å²) in [4.78, 5) is 3.63. The predicted molar refractivity (Wildman–Crippen MR) is 48.1 cm³/mol. The number of aromatic hydroxyl groups is 1. The van der Waals surface area contributed by atoms with Crippen molar-refractivity contribution >= 4 is 27.5 Å². The second kappa shape index (κ2) is 4.22. The number of alkyl halides is 3. The molecule has 0 saturated heterocycles. The van der Waals surface area contributed by atoms with Gasteiger partial charge in [-0.05, 0) is 27.5 Å². The van der Waals surface area contributed by atoms with Gasteiger partial charge in [-0.15, -0.1) is 0 Å². The molecule has 0 aromatic carbocycles. The van der Waals surface area contributed by atoms with E-state index in [2.05, 4.69) is 30.6 Å². The van der Waals surface area contributed by atoms with E-state index in [1.165, 1.54) is 0 Å². The third-order valence-corrected chi connectivity index (χ3v) is 1.49. The fraction of sp³-hybridized carbons (Fsp3) is 0.333. The minimum Gasteiger partial charge on any atom is -0.502 e. The Labute approximate surface area is 91.0 Å². The standard InChI is InChI=1S/C6H4BrClF2N2O2/c7-6(9,10)2-14-4-3(13)1-11-5(8)12-4/h1,13H,2H2. The highest BCUT2D eigenvalue weighted by atomic mass is 79.9. The van der Waals surface area contributed by atoms with Crippen molar-refractivity contribution in [2.24, 2.45) is 0 Å². The zero-order valence-corrected chi connectivity index (χ0v) is 8.89. The number of aromatic nitrogens is 2. The number of halogens is 4. The van der Waals surface area contributed by atoms with E-state index in [1.807, 2.05) is 0 Å². The molecule has 0 aliphatic carbocycles. The summed E-state index contributed by atoms with van der Waals surface area (Å²) in [5, 5.41) is 8.86. The van der Waals surface area contributed by atoms with Crippen molar-refractivity contribution in [3.63, 3.8) is 0 Å². The highest BCUT2D eigenvalue weighted by Gasteiger charge is 2.26. The van der Waals surface area contributed by atoms with E-state index >= 15 is 0 Å². The van der Waals surface area contributed by atoms with E-state index in [9.17, 15) is 8.78 Å². The van der Waals surface area contributed by atoms with E-state index in [1.54, 1.807) is 0 Å². The average Bonchev–Trinajstić information content (AvgIpc) is 2.05. The van der Waals surface area contributed by atoms with Crippen molar-refractivity contribution in [3.8, 4) is 11.6 Å². The van der Waals surface area contributed by atoms with Gasteiger partial charge in [-0.25, -0.2) is 4.98 Å². The number of ether oxygens (including phenoxy) is 1. The molecule has 4 nitrogen and oxygen atoms in total. The molecule has 0 unspecified atom stereocenters. The van der Waals surface area contributed by atoms with Crippen LogP contribution in [-0.2, 0) is 0 Å². The highest BCUT2D eigenvalue weighted by Crippen LogP contribution is 2.27. The topological polar surface area (TPSA) is 55.2 Å². The van der Waals surface area contributed by atoms with Crippen LogP contribution in [0.4, 0.5) is 8.78 Å². The molecule has 1 rings (SSSR count). The number of hydrogen-bond donors (Lipinski definition) is 1. The average molecular weight is 289 g/mol. The summed E-state index contributed by atoms with van der Waals surface area (Å²) in [5.74, 6) is -0.838. The third-order valence-electron chi connectivity index (χ3n) is 1.08. The van der Waals surface area contributed by atoms with Gasteiger partial charge in [0, 0.05) is 0 Å². The second-order valence-corrected chi connectivity index (χ2v) is 3.73. The Morgan fingerprint density at radius 2 is 2.29 bits per heavy atom. The number of nitrogens with zero attached hydrogens (tertiary/aromatic N) is 2. The molecule has 0 radical (unpaired) electrons. The van der Waals surface area contributed by atoms with Crippen LogP contribution < -0.4 is 4.74 Å². The van der Waals surface area contributed by atoms with Gasteiger partial charge in [0.15, 0.2) is 12.4 Å². The summed E-state index contributed by atoms with van der Waals surface area (Å²) in [6.45, 7) is -0.964. The van der Waals surface area contributed by atoms with Crippen LogP contribution in [0.5, 0.6) is 11.6 Å². The lowest BCUT2D eigenvalue weighted by molar-refractivity contribution is 0.0512. The smallest absolute Gasteiger partial charge is 0.334 e. The summed E-state index contributed by atoms with van der Waals surface area (Å²) < 4.78 is 29.0. The maximum atomic E-state index is 12.3. The molecule has 0 bridgehead atoms. The Balaban J connectivity index is 2.72. The summed E-state index contributed by atoms with van der Waals surface area (Å²) in [7, 11) is 0. The van der Waals surface area contributed by atoms with Crippen molar-refractivity contribution < 1.29 is 18.6 Å². The Hall–Kier alpha value is -0.690. The molecule has 1 aromatic rings. The van der Waals surface area contributed by atoms with Crippen LogP contribution in [0.1, 0.15) is 0 Å². The van der Waals surface area contributed by atoms with Crippen LogP contribution in [0.2, 0.25) is 5.28 Å². The van der Waals surface area contributed by atoms with Gasteiger partial charge >= 0.3 is 4.83 Å². The van der Waals surface area contributed by atoms with Crippen LogP contribution in [0, 0.1) is 0 Å². The Kier molecular flexibility index (Phi) is 3.43. The van der Waals surface area contributed by atoms with Gasteiger partial charge < -0.3 is 9.84 Å². The minimum absolute atomic E-state index is 0.198. The normalized spacial score (nSPS) is 11.4. The van der Waals surface area contributed by atoms with Gasteiger partial charge in [-0.1, -0.05) is 0 Å². The zero-order chi connectivity index (χ0) is 10.8. The van der Waals surface area contributed by atoms with E-state index in [4.69, 9.17) is 16.7 Å². The highest BCUT2D eigenvalue weighted by molar-refractivity contribution is 9.10. The second-order valence-electron chi connectivity index (χ2n) is 2.23. The summed E-state index contributed by atoms with van der Waals surface area (Å²) >= 11 is 7.42. The summed E-state index contributed by atoms with van der Waals surface area (Å²) in [6.07, 6.45) is 0.955. The van der Waals surface area contributed by atoms with Crippen LogP contribution >= 0.6 is 27.5 Å². The van der Waals surface area contributed by atoms with Crippen LogP contribution in [0.15, 0.2) is 6.20 Å². The molecule has 0 aliphatic heterocycles. The van der Waals surface area contributed by atoms with Gasteiger partial charge in [-0.3, -0.25) is 0 Å². The SMILES string of the molecule is Oc1cnc(Cl)nc1OCC(F)(F)Br. The monoisotopic (exact) mass is 288 g/mol. The first-order valence-electron chi connectivity index (χ1n) is 3.29.